The van der Waals surface area contributed by atoms with Crippen molar-refractivity contribution >= 4 is 40.3 Å². The molecule has 1 amide bonds. The molecule has 1 N–H and O–H groups in total. The molecule has 0 unspecified atom stereocenters. The molecule has 0 aliphatic heterocycles. The van der Waals surface area contributed by atoms with Crippen LogP contribution < -0.4 is 5.32 Å². The van der Waals surface area contributed by atoms with Gasteiger partial charge in [0.05, 0.1) is 10.7 Å². The van der Waals surface area contributed by atoms with E-state index in [0.717, 1.165) is 20.9 Å². The van der Waals surface area contributed by atoms with Gasteiger partial charge in [-0.15, -0.1) is 11.3 Å². The third-order valence-electron chi connectivity index (χ3n) is 3.32. The van der Waals surface area contributed by atoms with Gasteiger partial charge in [0.25, 0.3) is 0 Å². The van der Waals surface area contributed by atoms with Gasteiger partial charge in [-0.1, -0.05) is 17.7 Å². The maximum atomic E-state index is 12.1. The van der Waals surface area contributed by atoms with E-state index in [1.165, 1.54) is 0 Å². The Bertz CT molecular complexity index is 721. The first-order chi connectivity index (χ1) is 10.4. The molecule has 5 heteroatoms. The Kier molecular flexibility index (Phi) is 5.37. The van der Waals surface area contributed by atoms with Crippen LogP contribution in [-0.2, 0) is 4.79 Å². The number of rotatable bonds is 5. The van der Waals surface area contributed by atoms with Crippen LogP contribution in [0.2, 0.25) is 5.02 Å². The highest BCUT2D eigenvalue weighted by molar-refractivity contribution is 7.12. The fourth-order valence-electron chi connectivity index (χ4n) is 2.20. The van der Waals surface area contributed by atoms with E-state index in [9.17, 15) is 9.59 Å². The lowest BCUT2D eigenvalue weighted by Crippen LogP contribution is -2.14. The van der Waals surface area contributed by atoms with Crippen LogP contribution in [0.4, 0.5) is 5.69 Å². The molecule has 1 heterocycles. The highest BCUT2D eigenvalue weighted by atomic mass is 35.5. The molecule has 2 rings (SSSR count). The number of benzene rings is 1. The van der Waals surface area contributed by atoms with Crippen molar-refractivity contribution in [2.45, 2.75) is 33.6 Å². The molecule has 0 bridgehead atoms. The summed E-state index contributed by atoms with van der Waals surface area (Å²) >= 11 is 7.67. The Morgan fingerprint density at radius 2 is 1.86 bits per heavy atom. The summed E-state index contributed by atoms with van der Waals surface area (Å²) in [4.78, 5) is 26.2. The molecule has 0 saturated carbocycles. The molecule has 22 heavy (non-hydrogen) atoms. The van der Waals surface area contributed by atoms with Gasteiger partial charge in [-0.25, -0.2) is 0 Å². The second-order valence-electron chi connectivity index (χ2n) is 5.28. The quantitative estimate of drug-likeness (QED) is 0.787. The lowest BCUT2D eigenvalue weighted by Gasteiger charge is -2.07. The van der Waals surface area contributed by atoms with Gasteiger partial charge in [0.1, 0.15) is 0 Å². The zero-order valence-electron chi connectivity index (χ0n) is 12.8. The predicted octanol–water partition coefficient (Wildman–Crippen LogP) is 4.93. The second-order valence-corrected chi connectivity index (χ2v) is 7.15. The highest BCUT2D eigenvalue weighted by Crippen LogP contribution is 2.24. The molecule has 1 aromatic carbocycles. The molecular formula is C17H18ClNO2S. The van der Waals surface area contributed by atoms with Crippen LogP contribution >= 0.6 is 22.9 Å². The van der Waals surface area contributed by atoms with E-state index in [-0.39, 0.29) is 24.5 Å². The number of carbonyl (C=O) groups excluding carboxylic acids is 2. The van der Waals surface area contributed by atoms with Crippen LogP contribution in [0.5, 0.6) is 0 Å². The Balaban J connectivity index is 1.92. The van der Waals surface area contributed by atoms with Crippen molar-refractivity contribution in [3.8, 4) is 0 Å². The topological polar surface area (TPSA) is 46.2 Å². The van der Waals surface area contributed by atoms with Crippen molar-refractivity contribution in [3.63, 3.8) is 0 Å². The second kappa shape index (κ2) is 7.07. The van der Waals surface area contributed by atoms with Crippen LogP contribution in [-0.4, -0.2) is 11.7 Å². The summed E-state index contributed by atoms with van der Waals surface area (Å²) in [5.41, 5.74) is 2.33. The number of ketones is 1. The number of hydrogen-bond acceptors (Lipinski definition) is 3. The summed E-state index contributed by atoms with van der Waals surface area (Å²) in [6.45, 7) is 5.83. The zero-order valence-corrected chi connectivity index (χ0v) is 14.4. The fourth-order valence-corrected chi connectivity index (χ4v) is 3.43. The van der Waals surface area contributed by atoms with Crippen LogP contribution in [0.3, 0.4) is 0 Å². The van der Waals surface area contributed by atoms with Crippen molar-refractivity contribution in [2.75, 3.05) is 5.32 Å². The summed E-state index contributed by atoms with van der Waals surface area (Å²) in [7, 11) is 0. The molecule has 0 saturated heterocycles. The number of anilines is 1. The van der Waals surface area contributed by atoms with Gasteiger partial charge in [-0.3, -0.25) is 9.59 Å². The Labute approximate surface area is 139 Å². The summed E-state index contributed by atoms with van der Waals surface area (Å²) in [5, 5.41) is 3.25. The number of thiophene rings is 1. The molecule has 3 nitrogen and oxygen atoms in total. The first-order valence-electron chi connectivity index (χ1n) is 7.03. The number of amides is 1. The van der Waals surface area contributed by atoms with E-state index in [1.807, 2.05) is 32.9 Å². The Hall–Kier alpha value is -1.65. The number of carbonyl (C=O) groups is 2. The van der Waals surface area contributed by atoms with Crippen LogP contribution in [0.1, 0.15) is 38.5 Å². The van der Waals surface area contributed by atoms with Crippen LogP contribution in [0.25, 0.3) is 0 Å². The van der Waals surface area contributed by atoms with Crippen molar-refractivity contribution < 1.29 is 9.59 Å². The van der Waals surface area contributed by atoms with Crippen molar-refractivity contribution in [1.82, 2.24) is 0 Å². The van der Waals surface area contributed by atoms with Gasteiger partial charge >= 0.3 is 0 Å². The van der Waals surface area contributed by atoms with Crippen LogP contribution in [0.15, 0.2) is 24.3 Å². The molecule has 2 aromatic rings. The fraction of sp³-hybridized carbons (Fsp3) is 0.294. The van der Waals surface area contributed by atoms with E-state index >= 15 is 0 Å². The first-order valence-corrected chi connectivity index (χ1v) is 8.22. The number of aryl methyl sites for hydroxylation is 3. The number of nitrogens with one attached hydrogen (secondary N) is 1. The molecule has 1 aromatic heterocycles. The van der Waals surface area contributed by atoms with Gasteiger partial charge in [0, 0.05) is 28.2 Å². The molecule has 0 aliphatic carbocycles. The normalized spacial score (nSPS) is 10.5. The molecule has 0 fully saturated rings. The van der Waals surface area contributed by atoms with Crippen molar-refractivity contribution in [3.05, 3.63) is 50.2 Å². The monoisotopic (exact) mass is 335 g/mol. The van der Waals surface area contributed by atoms with E-state index in [2.05, 4.69) is 5.32 Å². The largest absolute Gasteiger partial charge is 0.325 e. The standard InChI is InChI=1S/C17H18ClNO2S/c1-10-4-5-15(14(18)8-10)19-17(21)7-6-16(20)13-9-11(2)22-12(13)3/h4-5,8-9H,6-7H2,1-3H3,(H,19,21). The third kappa shape index (κ3) is 4.18. The van der Waals surface area contributed by atoms with E-state index in [0.29, 0.717) is 10.7 Å². The minimum Gasteiger partial charge on any atom is -0.325 e. The van der Waals surface area contributed by atoms with E-state index in [1.54, 1.807) is 23.5 Å². The molecule has 0 spiro atoms. The Morgan fingerprint density at radius 1 is 1.14 bits per heavy atom. The molecule has 0 aliphatic rings. The highest BCUT2D eigenvalue weighted by Gasteiger charge is 2.14. The molecular weight excluding hydrogens is 318 g/mol. The van der Waals surface area contributed by atoms with Crippen LogP contribution in [0, 0.1) is 20.8 Å². The molecule has 0 atom stereocenters. The minimum atomic E-state index is -0.205. The smallest absolute Gasteiger partial charge is 0.224 e. The summed E-state index contributed by atoms with van der Waals surface area (Å²) in [6.07, 6.45) is 0.351. The van der Waals surface area contributed by atoms with E-state index < -0.39 is 0 Å². The Morgan fingerprint density at radius 3 is 2.45 bits per heavy atom. The zero-order chi connectivity index (χ0) is 16.3. The van der Waals surface area contributed by atoms with Crippen molar-refractivity contribution in [2.24, 2.45) is 0 Å². The van der Waals surface area contributed by atoms with Gasteiger partial charge in [-0.2, -0.15) is 0 Å². The maximum Gasteiger partial charge on any atom is 0.224 e. The van der Waals surface area contributed by atoms with Gasteiger partial charge in [0.15, 0.2) is 5.78 Å². The van der Waals surface area contributed by atoms with E-state index in [4.69, 9.17) is 11.6 Å². The SMILES string of the molecule is Cc1ccc(NC(=O)CCC(=O)c2cc(C)sc2C)c(Cl)c1. The number of hydrogen-bond donors (Lipinski definition) is 1. The van der Waals surface area contributed by atoms with Gasteiger partial charge in [0.2, 0.25) is 5.91 Å². The lowest BCUT2D eigenvalue weighted by atomic mass is 10.1. The minimum absolute atomic E-state index is 0.00648. The third-order valence-corrected chi connectivity index (χ3v) is 4.60. The first kappa shape index (κ1) is 16.7. The van der Waals surface area contributed by atoms with Gasteiger partial charge in [-0.05, 0) is 44.5 Å². The average Bonchev–Trinajstić information content (AvgIpc) is 2.78. The number of Topliss-reactive ketones (excluding diaryl/α,β-unsaturated/α-hetero) is 1. The summed E-state index contributed by atoms with van der Waals surface area (Å²) < 4.78 is 0. The number of halogens is 1. The van der Waals surface area contributed by atoms with Crippen molar-refractivity contribution in [1.29, 1.82) is 0 Å². The molecule has 0 radical (unpaired) electrons. The maximum absolute atomic E-state index is 12.1. The average molecular weight is 336 g/mol. The summed E-state index contributed by atoms with van der Waals surface area (Å²) in [6, 6.07) is 7.32. The molecule has 116 valence electrons. The summed E-state index contributed by atoms with van der Waals surface area (Å²) in [5.74, 6) is -0.198. The van der Waals surface area contributed by atoms with Gasteiger partial charge < -0.3 is 5.32 Å². The predicted molar refractivity (Wildman–Crippen MR) is 92.2 cm³/mol. The lowest BCUT2D eigenvalue weighted by molar-refractivity contribution is -0.116.